The maximum Gasteiger partial charge on any atom is 0.416 e. The normalized spacial score (nSPS) is 17.7. The first-order valence-electron chi connectivity index (χ1n) is 11.7. The van der Waals surface area contributed by atoms with Crippen LogP contribution < -0.4 is 15.2 Å². The highest BCUT2D eigenvalue weighted by Crippen LogP contribution is 2.33. The molecule has 0 aromatic carbocycles. The molecule has 2 atom stereocenters. The van der Waals surface area contributed by atoms with Crippen molar-refractivity contribution < 1.29 is 37.3 Å². The number of hydrogen-bond donors (Lipinski definition) is 2. The van der Waals surface area contributed by atoms with E-state index < -0.39 is 41.1 Å². The summed E-state index contributed by atoms with van der Waals surface area (Å²) in [5.41, 5.74) is 5.09. The number of rotatable bonds is 8. The molecular weight excluding hydrogens is 509 g/mol. The first kappa shape index (κ1) is 26.8. The molecule has 1 amide bonds. The molecule has 0 unspecified atom stereocenters. The SMILES string of the molecule is Cc1nc(-c2nnn(C)c2COc2cc(C(F)(F)F)cc(C(N)=O)n2)ccc1O[C@H]1CCC[C@H](C(=O)O)C1. The number of hydrogen-bond acceptors (Lipinski definition) is 8. The molecule has 38 heavy (non-hydrogen) atoms. The second-order valence-electron chi connectivity index (χ2n) is 8.96. The summed E-state index contributed by atoms with van der Waals surface area (Å²) >= 11 is 0. The fourth-order valence-corrected chi connectivity index (χ4v) is 4.21. The van der Waals surface area contributed by atoms with Crippen molar-refractivity contribution in [2.75, 3.05) is 0 Å². The summed E-state index contributed by atoms with van der Waals surface area (Å²) in [5.74, 6) is -2.32. The highest BCUT2D eigenvalue weighted by atomic mass is 19.4. The van der Waals surface area contributed by atoms with Crippen molar-refractivity contribution in [1.29, 1.82) is 0 Å². The molecule has 1 saturated carbocycles. The van der Waals surface area contributed by atoms with Gasteiger partial charge in [-0.1, -0.05) is 5.21 Å². The van der Waals surface area contributed by atoms with Crippen LogP contribution in [0, 0.1) is 12.8 Å². The Morgan fingerprint density at radius 3 is 2.63 bits per heavy atom. The van der Waals surface area contributed by atoms with Crippen LogP contribution in [0.1, 0.15) is 53.1 Å². The van der Waals surface area contributed by atoms with Crippen LogP contribution in [-0.4, -0.2) is 48.0 Å². The molecule has 0 bridgehead atoms. The van der Waals surface area contributed by atoms with E-state index in [1.165, 1.54) is 4.68 Å². The van der Waals surface area contributed by atoms with E-state index >= 15 is 0 Å². The van der Waals surface area contributed by atoms with Crippen LogP contribution in [0.3, 0.4) is 0 Å². The molecule has 3 aromatic rings. The maximum absolute atomic E-state index is 13.2. The largest absolute Gasteiger partial charge is 0.489 e. The minimum atomic E-state index is -4.73. The minimum absolute atomic E-state index is 0.234. The number of nitrogens with two attached hydrogens (primary N) is 1. The molecular formula is C24H25F3N6O5. The number of amides is 1. The smallest absolute Gasteiger partial charge is 0.416 e. The summed E-state index contributed by atoms with van der Waals surface area (Å²) in [5, 5.41) is 17.4. The van der Waals surface area contributed by atoms with Gasteiger partial charge in [0.15, 0.2) is 0 Å². The molecule has 11 nitrogen and oxygen atoms in total. The Labute approximate surface area is 214 Å². The van der Waals surface area contributed by atoms with Gasteiger partial charge in [-0.05, 0) is 50.8 Å². The summed E-state index contributed by atoms with van der Waals surface area (Å²) in [6.45, 7) is 1.46. The van der Waals surface area contributed by atoms with Gasteiger partial charge in [-0.15, -0.1) is 5.10 Å². The average Bonchev–Trinajstić information content (AvgIpc) is 3.23. The van der Waals surface area contributed by atoms with Crippen molar-refractivity contribution in [3.8, 4) is 23.0 Å². The van der Waals surface area contributed by atoms with Crippen LogP contribution in [0.4, 0.5) is 13.2 Å². The second kappa shape index (κ2) is 10.6. The lowest BCUT2D eigenvalue weighted by atomic mass is 9.87. The predicted molar refractivity (Wildman–Crippen MR) is 125 cm³/mol. The summed E-state index contributed by atoms with van der Waals surface area (Å²) in [4.78, 5) is 31.1. The van der Waals surface area contributed by atoms with Crippen LogP contribution in [0.25, 0.3) is 11.4 Å². The van der Waals surface area contributed by atoms with Crippen LogP contribution >= 0.6 is 0 Å². The van der Waals surface area contributed by atoms with Gasteiger partial charge in [0.1, 0.15) is 29.4 Å². The highest BCUT2D eigenvalue weighted by molar-refractivity contribution is 5.91. The zero-order valence-corrected chi connectivity index (χ0v) is 20.5. The number of ether oxygens (including phenoxy) is 2. The molecule has 3 aromatic heterocycles. The Hall–Kier alpha value is -4.23. The highest BCUT2D eigenvalue weighted by Gasteiger charge is 2.33. The van der Waals surface area contributed by atoms with Crippen molar-refractivity contribution in [2.45, 2.75) is 51.5 Å². The van der Waals surface area contributed by atoms with Crippen molar-refractivity contribution in [2.24, 2.45) is 18.7 Å². The molecule has 14 heteroatoms. The summed E-state index contributed by atoms with van der Waals surface area (Å²) in [7, 11) is 1.58. The van der Waals surface area contributed by atoms with Crippen molar-refractivity contribution >= 4 is 11.9 Å². The van der Waals surface area contributed by atoms with Gasteiger partial charge in [-0.2, -0.15) is 13.2 Å². The fraction of sp³-hybridized carbons (Fsp3) is 0.417. The van der Waals surface area contributed by atoms with Crippen LogP contribution in [0.2, 0.25) is 0 Å². The third-order valence-electron chi connectivity index (χ3n) is 6.23. The third kappa shape index (κ3) is 6.01. The number of nitrogens with zero attached hydrogens (tertiary/aromatic N) is 5. The quantitative estimate of drug-likeness (QED) is 0.443. The van der Waals surface area contributed by atoms with Gasteiger partial charge in [0.05, 0.1) is 29.0 Å². The lowest BCUT2D eigenvalue weighted by molar-refractivity contribution is -0.144. The van der Waals surface area contributed by atoms with Gasteiger partial charge < -0.3 is 20.3 Å². The fourth-order valence-electron chi connectivity index (χ4n) is 4.21. The van der Waals surface area contributed by atoms with Gasteiger partial charge in [0, 0.05) is 13.1 Å². The number of halogens is 3. The van der Waals surface area contributed by atoms with Crippen LogP contribution in [0.5, 0.6) is 11.6 Å². The molecule has 4 rings (SSSR count). The monoisotopic (exact) mass is 534 g/mol. The molecule has 0 saturated heterocycles. The Kier molecular flexibility index (Phi) is 7.51. The lowest BCUT2D eigenvalue weighted by Crippen LogP contribution is -2.29. The first-order valence-corrected chi connectivity index (χ1v) is 11.7. The zero-order valence-electron chi connectivity index (χ0n) is 20.5. The third-order valence-corrected chi connectivity index (χ3v) is 6.23. The summed E-state index contributed by atoms with van der Waals surface area (Å²) in [6.07, 6.45) is -2.41. The number of aromatic nitrogens is 5. The number of carbonyl (C=O) groups is 2. The van der Waals surface area contributed by atoms with Crippen LogP contribution in [-0.2, 0) is 24.6 Å². The maximum atomic E-state index is 13.2. The molecule has 1 aliphatic rings. The molecule has 0 spiro atoms. The second-order valence-corrected chi connectivity index (χ2v) is 8.96. The zero-order chi connectivity index (χ0) is 27.6. The Morgan fingerprint density at radius 1 is 1.21 bits per heavy atom. The molecule has 1 fully saturated rings. The molecule has 202 valence electrons. The van der Waals surface area contributed by atoms with E-state index in [0.29, 0.717) is 53.5 Å². The van der Waals surface area contributed by atoms with E-state index in [1.54, 1.807) is 26.1 Å². The molecule has 3 N–H and O–H groups in total. The Balaban J connectivity index is 1.53. The summed E-state index contributed by atoms with van der Waals surface area (Å²) in [6, 6.07) is 4.58. The van der Waals surface area contributed by atoms with Crippen molar-refractivity contribution in [3.05, 3.63) is 46.9 Å². The Morgan fingerprint density at radius 2 is 1.97 bits per heavy atom. The van der Waals surface area contributed by atoms with E-state index in [9.17, 15) is 27.9 Å². The number of pyridine rings is 2. The van der Waals surface area contributed by atoms with Gasteiger partial charge in [-0.3, -0.25) is 9.59 Å². The van der Waals surface area contributed by atoms with Gasteiger partial charge >= 0.3 is 12.1 Å². The number of carboxylic acids is 1. The van der Waals surface area contributed by atoms with E-state index in [4.69, 9.17) is 15.2 Å². The minimum Gasteiger partial charge on any atom is -0.489 e. The van der Waals surface area contributed by atoms with E-state index in [1.807, 2.05) is 0 Å². The topological polar surface area (TPSA) is 155 Å². The number of primary amides is 1. The van der Waals surface area contributed by atoms with Gasteiger partial charge in [0.2, 0.25) is 5.88 Å². The number of carbonyl (C=O) groups excluding carboxylic acids is 1. The van der Waals surface area contributed by atoms with Crippen LogP contribution in [0.15, 0.2) is 24.3 Å². The van der Waals surface area contributed by atoms with E-state index in [-0.39, 0.29) is 12.7 Å². The first-order chi connectivity index (χ1) is 17.9. The number of aryl methyl sites for hydroxylation is 2. The number of aliphatic carboxylic acids is 1. The summed E-state index contributed by atoms with van der Waals surface area (Å²) < 4.78 is 52.6. The number of alkyl halides is 3. The van der Waals surface area contributed by atoms with Gasteiger partial charge in [0.25, 0.3) is 5.91 Å². The van der Waals surface area contributed by atoms with Crippen molar-refractivity contribution in [3.63, 3.8) is 0 Å². The lowest BCUT2D eigenvalue weighted by Gasteiger charge is -2.27. The molecule has 0 radical (unpaired) electrons. The molecule has 3 heterocycles. The van der Waals surface area contributed by atoms with E-state index in [0.717, 1.165) is 12.8 Å². The standard InChI is InChI=1S/C24H25F3N6O5/c1-12-19(38-15-5-3-4-13(8-15)23(35)36)7-6-16(29-12)21-18(33(2)32-31-21)11-37-20-10-14(24(25,26)27)9-17(30-20)22(28)34/h6-7,9-10,13,15H,3-5,8,11H2,1-2H3,(H2,28,34)(H,35,36)/t13-,15-/m0/s1. The average molecular weight is 534 g/mol. The molecule has 1 aliphatic carbocycles. The van der Waals surface area contributed by atoms with Crippen molar-refractivity contribution in [1.82, 2.24) is 25.0 Å². The van der Waals surface area contributed by atoms with E-state index in [2.05, 4.69) is 20.3 Å². The number of carboxylic acid groups (broad SMARTS) is 1. The predicted octanol–water partition coefficient (Wildman–Crippen LogP) is 3.30. The van der Waals surface area contributed by atoms with Gasteiger partial charge in [-0.25, -0.2) is 14.6 Å². The molecule has 0 aliphatic heterocycles. The Bertz CT molecular complexity index is 1360.